The van der Waals surface area contributed by atoms with E-state index in [2.05, 4.69) is 4.98 Å². The van der Waals surface area contributed by atoms with Crippen molar-refractivity contribution >= 4 is 23.3 Å². The molecule has 0 spiro atoms. The number of benzene rings is 1. The smallest absolute Gasteiger partial charge is 0.178 e. The second-order valence-electron chi connectivity index (χ2n) is 5.20. The van der Waals surface area contributed by atoms with Crippen LogP contribution in [0.4, 0.5) is 8.78 Å². The maximum absolute atomic E-state index is 13.8. The van der Waals surface area contributed by atoms with E-state index < -0.39 is 11.6 Å². The SMILES string of the molecule is CC1(n2c(=S)[nH]c3c(F)cc(F)cc32)CCCOC1. The van der Waals surface area contributed by atoms with Gasteiger partial charge in [0.2, 0.25) is 0 Å². The third kappa shape index (κ3) is 1.99. The third-order valence-electron chi connectivity index (χ3n) is 3.67. The van der Waals surface area contributed by atoms with Gasteiger partial charge in [-0.05, 0) is 38.0 Å². The average Bonchev–Trinajstić information content (AvgIpc) is 2.67. The quantitative estimate of drug-likeness (QED) is 0.812. The summed E-state index contributed by atoms with van der Waals surface area (Å²) >= 11 is 5.27. The highest BCUT2D eigenvalue weighted by atomic mass is 32.1. The van der Waals surface area contributed by atoms with Crippen molar-refractivity contribution in [3.63, 3.8) is 0 Å². The molecule has 0 radical (unpaired) electrons. The summed E-state index contributed by atoms with van der Waals surface area (Å²) in [6.07, 6.45) is 1.77. The molecule has 0 aliphatic carbocycles. The molecule has 1 fully saturated rings. The maximum Gasteiger partial charge on any atom is 0.178 e. The summed E-state index contributed by atoms with van der Waals surface area (Å²) in [5.41, 5.74) is 0.335. The monoisotopic (exact) mass is 284 g/mol. The van der Waals surface area contributed by atoms with Crippen molar-refractivity contribution in [2.24, 2.45) is 0 Å². The van der Waals surface area contributed by atoms with Crippen LogP contribution in [0.2, 0.25) is 0 Å². The fraction of sp³-hybridized carbons (Fsp3) is 0.462. The molecule has 0 amide bonds. The van der Waals surface area contributed by atoms with Crippen LogP contribution in [0.15, 0.2) is 12.1 Å². The summed E-state index contributed by atoms with van der Waals surface area (Å²) in [5, 5.41) is 0. The van der Waals surface area contributed by atoms with E-state index in [0.29, 0.717) is 23.5 Å². The highest BCUT2D eigenvalue weighted by Crippen LogP contribution is 2.32. The number of hydrogen-bond donors (Lipinski definition) is 1. The van der Waals surface area contributed by atoms with E-state index in [0.717, 1.165) is 18.9 Å². The number of imidazole rings is 1. The number of ether oxygens (including phenoxy) is 1. The molecule has 3 rings (SSSR count). The summed E-state index contributed by atoms with van der Waals surface area (Å²) in [6.45, 7) is 3.21. The van der Waals surface area contributed by atoms with E-state index in [1.54, 1.807) is 4.57 Å². The topological polar surface area (TPSA) is 29.9 Å². The van der Waals surface area contributed by atoms with Crippen molar-refractivity contribution in [1.82, 2.24) is 9.55 Å². The molecule has 0 saturated carbocycles. The van der Waals surface area contributed by atoms with Gasteiger partial charge >= 0.3 is 0 Å². The number of rotatable bonds is 1. The van der Waals surface area contributed by atoms with E-state index in [-0.39, 0.29) is 11.1 Å². The number of nitrogens with zero attached hydrogens (tertiary/aromatic N) is 1. The average molecular weight is 284 g/mol. The molecular formula is C13H14F2N2OS. The van der Waals surface area contributed by atoms with Gasteiger partial charge in [-0.1, -0.05) is 0 Å². The van der Waals surface area contributed by atoms with Gasteiger partial charge in [0.05, 0.1) is 17.7 Å². The van der Waals surface area contributed by atoms with Crippen LogP contribution >= 0.6 is 12.2 Å². The number of fused-ring (bicyclic) bond motifs is 1. The van der Waals surface area contributed by atoms with E-state index >= 15 is 0 Å². The van der Waals surface area contributed by atoms with Gasteiger partial charge in [0.25, 0.3) is 0 Å². The lowest BCUT2D eigenvalue weighted by molar-refractivity contribution is 0.0108. The molecular weight excluding hydrogens is 270 g/mol. The van der Waals surface area contributed by atoms with Crippen LogP contribution in [0.5, 0.6) is 0 Å². The maximum atomic E-state index is 13.8. The first-order valence-electron chi connectivity index (χ1n) is 6.19. The number of nitrogens with one attached hydrogen (secondary N) is 1. The van der Waals surface area contributed by atoms with Gasteiger partial charge in [-0.15, -0.1) is 0 Å². The zero-order valence-corrected chi connectivity index (χ0v) is 11.3. The van der Waals surface area contributed by atoms with E-state index in [9.17, 15) is 8.78 Å². The van der Waals surface area contributed by atoms with Crippen LogP contribution in [0.1, 0.15) is 19.8 Å². The predicted octanol–water partition coefficient (Wildman–Crippen LogP) is 3.50. The Kier molecular flexibility index (Phi) is 2.94. The Morgan fingerprint density at radius 1 is 1.42 bits per heavy atom. The molecule has 2 heterocycles. The summed E-state index contributed by atoms with van der Waals surface area (Å²) < 4.78 is 34.9. The number of hydrogen-bond acceptors (Lipinski definition) is 2. The van der Waals surface area contributed by atoms with Crippen LogP contribution in [-0.2, 0) is 10.3 Å². The molecule has 19 heavy (non-hydrogen) atoms. The minimum Gasteiger partial charge on any atom is -0.379 e. The molecule has 1 N–H and O–H groups in total. The highest BCUT2D eigenvalue weighted by molar-refractivity contribution is 7.71. The molecule has 1 unspecified atom stereocenters. The minimum absolute atomic E-state index is 0.248. The van der Waals surface area contributed by atoms with Crippen molar-refractivity contribution < 1.29 is 13.5 Å². The van der Waals surface area contributed by atoms with Gasteiger partial charge in [-0.2, -0.15) is 0 Å². The zero-order chi connectivity index (χ0) is 13.6. The van der Waals surface area contributed by atoms with Crippen LogP contribution in [0.3, 0.4) is 0 Å². The van der Waals surface area contributed by atoms with E-state index in [1.165, 1.54) is 6.07 Å². The van der Waals surface area contributed by atoms with E-state index in [4.69, 9.17) is 17.0 Å². The third-order valence-corrected chi connectivity index (χ3v) is 3.95. The fourth-order valence-electron chi connectivity index (χ4n) is 2.76. The van der Waals surface area contributed by atoms with Crippen molar-refractivity contribution in [1.29, 1.82) is 0 Å². The lowest BCUT2D eigenvalue weighted by atomic mass is 9.94. The summed E-state index contributed by atoms with van der Waals surface area (Å²) in [6, 6.07) is 2.17. The second kappa shape index (κ2) is 4.38. The number of aromatic amines is 1. The van der Waals surface area contributed by atoms with Crippen LogP contribution < -0.4 is 0 Å². The summed E-state index contributed by atoms with van der Waals surface area (Å²) in [4.78, 5) is 2.83. The summed E-state index contributed by atoms with van der Waals surface area (Å²) in [5.74, 6) is -1.23. The van der Waals surface area contributed by atoms with Crippen molar-refractivity contribution in [3.8, 4) is 0 Å². The lowest BCUT2D eigenvalue weighted by Crippen LogP contribution is -2.39. The standard InChI is InChI=1S/C13H14F2N2OS/c1-13(3-2-4-18-7-13)17-10-6-8(14)5-9(15)11(10)16-12(17)19/h5-6H,2-4,7H2,1H3,(H,16,19). The van der Waals surface area contributed by atoms with Crippen molar-refractivity contribution in [3.05, 3.63) is 28.5 Å². The van der Waals surface area contributed by atoms with Gasteiger partial charge in [0, 0.05) is 12.7 Å². The Labute approximate surface area is 114 Å². The predicted molar refractivity (Wildman–Crippen MR) is 70.7 cm³/mol. The molecule has 0 bridgehead atoms. The molecule has 3 nitrogen and oxygen atoms in total. The Bertz CT molecular complexity index is 686. The zero-order valence-electron chi connectivity index (χ0n) is 10.5. The summed E-state index contributed by atoms with van der Waals surface area (Å²) in [7, 11) is 0. The molecule has 2 aromatic rings. The first-order chi connectivity index (χ1) is 9.01. The Hall–Kier alpha value is -1.27. The first kappa shape index (κ1) is 12.7. The van der Waals surface area contributed by atoms with Crippen LogP contribution in [0.25, 0.3) is 11.0 Å². The molecule has 1 aromatic carbocycles. The molecule has 102 valence electrons. The second-order valence-corrected chi connectivity index (χ2v) is 5.59. The minimum atomic E-state index is -0.625. The molecule has 1 aliphatic rings. The molecule has 1 aliphatic heterocycles. The molecule has 6 heteroatoms. The van der Waals surface area contributed by atoms with Gasteiger partial charge in [-0.3, -0.25) is 0 Å². The highest BCUT2D eigenvalue weighted by Gasteiger charge is 2.32. The van der Waals surface area contributed by atoms with Crippen molar-refractivity contribution in [2.45, 2.75) is 25.3 Å². The van der Waals surface area contributed by atoms with Crippen LogP contribution in [0, 0.1) is 16.4 Å². The van der Waals surface area contributed by atoms with E-state index in [1.807, 2.05) is 6.92 Å². The van der Waals surface area contributed by atoms with Gasteiger partial charge < -0.3 is 14.3 Å². The number of aromatic nitrogens is 2. The Morgan fingerprint density at radius 2 is 2.21 bits per heavy atom. The van der Waals surface area contributed by atoms with Gasteiger partial charge in [0.15, 0.2) is 10.6 Å². The number of halogens is 2. The van der Waals surface area contributed by atoms with Crippen molar-refractivity contribution in [2.75, 3.05) is 13.2 Å². The Morgan fingerprint density at radius 3 is 2.89 bits per heavy atom. The number of H-pyrrole nitrogens is 1. The lowest BCUT2D eigenvalue weighted by Gasteiger charge is -2.35. The normalized spacial score (nSPS) is 23.9. The van der Waals surface area contributed by atoms with Gasteiger partial charge in [0.1, 0.15) is 11.3 Å². The molecule has 1 aromatic heterocycles. The molecule has 1 saturated heterocycles. The first-order valence-corrected chi connectivity index (χ1v) is 6.60. The fourth-order valence-corrected chi connectivity index (χ4v) is 3.18. The molecule has 1 atom stereocenters. The largest absolute Gasteiger partial charge is 0.379 e. The Balaban J connectivity index is 2.28. The van der Waals surface area contributed by atoms with Gasteiger partial charge in [-0.25, -0.2) is 8.78 Å². The van der Waals surface area contributed by atoms with Crippen LogP contribution in [-0.4, -0.2) is 22.8 Å².